The number of alkyl carbamates (subject to hydrolysis) is 1. The molecule has 0 aliphatic heterocycles. The maximum atomic E-state index is 14.5. The molecule has 51 heavy (non-hydrogen) atoms. The van der Waals surface area contributed by atoms with E-state index in [4.69, 9.17) is 9.47 Å². The zero-order valence-corrected chi connectivity index (χ0v) is 28.9. The summed E-state index contributed by atoms with van der Waals surface area (Å²) < 4.78 is 46.3. The molecule has 270 valence electrons. The molecule has 1 atom stereocenters. The van der Waals surface area contributed by atoms with E-state index in [2.05, 4.69) is 20.4 Å². The number of likely N-dealkylation sites (N-methyl/N-ethyl adjacent to an activating group) is 1. The van der Waals surface area contributed by atoms with Gasteiger partial charge in [-0.05, 0) is 76.1 Å². The first-order chi connectivity index (χ1) is 24.1. The maximum Gasteiger partial charge on any atom is 0.420 e. The van der Waals surface area contributed by atoms with Gasteiger partial charge >= 0.3 is 12.2 Å². The fraction of sp³-hybridized carbons (Fsp3) is 0.314. The number of fused-ring (bicyclic) bond motifs is 1. The lowest BCUT2D eigenvalue weighted by Gasteiger charge is -2.20. The molecular formula is C35H38F2N6O8. The third-order valence-corrected chi connectivity index (χ3v) is 7.11. The van der Waals surface area contributed by atoms with Gasteiger partial charge < -0.3 is 34.3 Å². The maximum absolute atomic E-state index is 14.5. The molecule has 0 aliphatic rings. The van der Waals surface area contributed by atoms with Crippen LogP contribution < -0.4 is 20.9 Å². The first-order valence-electron chi connectivity index (χ1n) is 15.7. The predicted molar refractivity (Wildman–Crippen MR) is 183 cm³/mol. The number of methoxy groups -OCH3 is 1. The lowest BCUT2D eigenvalue weighted by Crippen LogP contribution is -2.44. The van der Waals surface area contributed by atoms with Gasteiger partial charge in [-0.25, -0.2) is 27.9 Å². The number of rotatable bonds is 11. The number of para-hydroxylation sites is 1. The van der Waals surface area contributed by atoms with Crippen molar-refractivity contribution in [3.63, 3.8) is 0 Å². The minimum absolute atomic E-state index is 0.0322. The number of anilines is 1. The number of imidazole rings is 1. The van der Waals surface area contributed by atoms with Crippen molar-refractivity contribution in [2.45, 2.75) is 51.8 Å². The SMILES string of the molecule is COC(=O)NC(CCC=CC(=O)N(C)C)C(=O)Nc1cccn(Cc2nc3c(Oc4ccc(F)cc4F)cccc3n2C(=O)OC(C)(C)C)c1=O. The minimum Gasteiger partial charge on any atom is -0.453 e. The van der Waals surface area contributed by atoms with E-state index in [1.54, 1.807) is 53.1 Å². The van der Waals surface area contributed by atoms with E-state index >= 15 is 0 Å². The average Bonchev–Trinajstić information content (AvgIpc) is 3.43. The van der Waals surface area contributed by atoms with E-state index in [-0.39, 0.29) is 59.3 Å². The molecule has 16 heteroatoms. The van der Waals surface area contributed by atoms with Gasteiger partial charge in [-0.1, -0.05) is 12.1 Å². The summed E-state index contributed by atoms with van der Waals surface area (Å²) in [5, 5.41) is 4.96. The molecular weight excluding hydrogens is 670 g/mol. The molecule has 0 fully saturated rings. The zero-order chi connectivity index (χ0) is 37.5. The molecule has 2 heterocycles. The van der Waals surface area contributed by atoms with Gasteiger partial charge in [0.2, 0.25) is 11.8 Å². The van der Waals surface area contributed by atoms with Crippen molar-refractivity contribution in [1.82, 2.24) is 24.3 Å². The van der Waals surface area contributed by atoms with Crippen molar-refractivity contribution in [3.05, 3.63) is 94.7 Å². The summed E-state index contributed by atoms with van der Waals surface area (Å²) in [5.74, 6) is -2.94. The van der Waals surface area contributed by atoms with Crippen LogP contribution in [0.4, 0.5) is 24.1 Å². The van der Waals surface area contributed by atoms with Crippen LogP contribution in [0.15, 0.2) is 71.7 Å². The van der Waals surface area contributed by atoms with Crippen molar-refractivity contribution in [2.24, 2.45) is 0 Å². The number of allylic oxidation sites excluding steroid dienone is 1. The predicted octanol–water partition coefficient (Wildman–Crippen LogP) is 5.19. The molecule has 4 rings (SSSR count). The molecule has 0 aliphatic carbocycles. The number of carbonyl (C=O) groups is 4. The van der Waals surface area contributed by atoms with Gasteiger partial charge in [-0.2, -0.15) is 0 Å². The number of ether oxygens (including phenoxy) is 3. The lowest BCUT2D eigenvalue weighted by molar-refractivity contribution is -0.123. The highest BCUT2D eigenvalue weighted by atomic mass is 19.1. The van der Waals surface area contributed by atoms with Crippen LogP contribution in [0.2, 0.25) is 0 Å². The monoisotopic (exact) mass is 708 g/mol. The smallest absolute Gasteiger partial charge is 0.420 e. The molecule has 1 unspecified atom stereocenters. The third kappa shape index (κ3) is 9.77. The zero-order valence-electron chi connectivity index (χ0n) is 28.9. The first-order valence-corrected chi connectivity index (χ1v) is 15.7. The van der Waals surface area contributed by atoms with Gasteiger partial charge in [0, 0.05) is 26.4 Å². The van der Waals surface area contributed by atoms with Crippen LogP contribution >= 0.6 is 0 Å². The fourth-order valence-corrected chi connectivity index (χ4v) is 4.69. The second kappa shape index (κ2) is 16.1. The van der Waals surface area contributed by atoms with Crippen molar-refractivity contribution in [2.75, 3.05) is 26.5 Å². The van der Waals surface area contributed by atoms with Gasteiger partial charge in [0.05, 0.1) is 19.2 Å². The van der Waals surface area contributed by atoms with Crippen LogP contribution in [0.25, 0.3) is 11.0 Å². The Morgan fingerprint density at radius 1 is 1.04 bits per heavy atom. The summed E-state index contributed by atoms with van der Waals surface area (Å²) in [6.07, 6.45) is 2.93. The molecule has 0 bridgehead atoms. The highest BCUT2D eigenvalue weighted by molar-refractivity contribution is 5.96. The number of halogens is 2. The normalized spacial score (nSPS) is 12.0. The second-order valence-corrected chi connectivity index (χ2v) is 12.4. The minimum atomic E-state index is -1.13. The summed E-state index contributed by atoms with van der Waals surface area (Å²) in [7, 11) is 4.31. The van der Waals surface area contributed by atoms with Gasteiger partial charge in [0.25, 0.3) is 5.56 Å². The van der Waals surface area contributed by atoms with Crippen molar-refractivity contribution in [3.8, 4) is 11.5 Å². The van der Waals surface area contributed by atoms with E-state index in [9.17, 15) is 32.8 Å². The summed E-state index contributed by atoms with van der Waals surface area (Å²) in [5.41, 5.74) is -1.39. The quantitative estimate of drug-likeness (QED) is 0.200. The Morgan fingerprint density at radius 3 is 2.45 bits per heavy atom. The van der Waals surface area contributed by atoms with Crippen LogP contribution in [0.3, 0.4) is 0 Å². The Morgan fingerprint density at radius 2 is 1.78 bits per heavy atom. The van der Waals surface area contributed by atoms with Crippen LogP contribution in [0, 0.1) is 11.6 Å². The Hall–Kier alpha value is -6.06. The molecule has 2 aromatic carbocycles. The van der Waals surface area contributed by atoms with Gasteiger partial charge in [-0.15, -0.1) is 0 Å². The van der Waals surface area contributed by atoms with E-state index in [1.165, 1.54) is 39.9 Å². The van der Waals surface area contributed by atoms with Gasteiger partial charge in [-0.3, -0.25) is 14.4 Å². The lowest BCUT2D eigenvalue weighted by atomic mass is 10.1. The fourth-order valence-electron chi connectivity index (χ4n) is 4.69. The van der Waals surface area contributed by atoms with Crippen LogP contribution in [-0.2, 0) is 25.6 Å². The Labute approximate surface area is 291 Å². The molecule has 0 saturated carbocycles. The highest BCUT2D eigenvalue weighted by Crippen LogP contribution is 2.32. The van der Waals surface area contributed by atoms with Crippen LogP contribution in [0.5, 0.6) is 11.5 Å². The molecule has 2 aromatic heterocycles. The van der Waals surface area contributed by atoms with E-state index in [0.29, 0.717) is 6.07 Å². The second-order valence-electron chi connectivity index (χ2n) is 12.4. The Balaban J connectivity index is 1.67. The van der Waals surface area contributed by atoms with E-state index < -0.39 is 46.9 Å². The van der Waals surface area contributed by atoms with Crippen molar-refractivity contribution in [1.29, 1.82) is 0 Å². The summed E-state index contributed by atoms with van der Waals surface area (Å²) in [6.45, 7) is 4.73. The standard InChI is InChI=1S/C35H38F2N6O8/c1-35(2,3)51-34(48)43-25-13-9-14-27(50-26-17-16-21(36)19-22(26)37)30(25)40-28(43)20-42-18-10-12-24(32(42)46)38-31(45)23(39-33(47)49-6)11-7-8-15-29(44)41(4)5/h8-10,12-19,23H,7,11,20H2,1-6H3,(H,38,45)(H,39,47). The number of hydrogen-bond donors (Lipinski definition) is 2. The summed E-state index contributed by atoms with van der Waals surface area (Å²) in [4.78, 5) is 70.2. The molecule has 4 aromatic rings. The average molecular weight is 709 g/mol. The molecule has 2 N–H and O–H groups in total. The summed E-state index contributed by atoms with van der Waals surface area (Å²) in [6, 6.07) is 9.11. The number of hydrogen-bond acceptors (Lipinski definition) is 9. The number of pyridine rings is 1. The highest BCUT2D eigenvalue weighted by Gasteiger charge is 2.26. The van der Waals surface area contributed by atoms with Gasteiger partial charge in [0.15, 0.2) is 17.3 Å². The van der Waals surface area contributed by atoms with E-state index in [1.807, 2.05) is 0 Å². The van der Waals surface area contributed by atoms with Crippen LogP contribution in [-0.4, -0.2) is 75.9 Å². The van der Waals surface area contributed by atoms with Crippen LogP contribution in [0.1, 0.15) is 39.4 Å². The molecule has 0 spiro atoms. The van der Waals surface area contributed by atoms with Gasteiger partial charge in [0.1, 0.15) is 34.5 Å². The third-order valence-electron chi connectivity index (χ3n) is 7.11. The number of nitrogens with zero attached hydrogens (tertiary/aromatic N) is 4. The number of carbonyl (C=O) groups excluding carboxylic acids is 4. The number of amides is 3. The molecule has 3 amide bonds. The number of nitrogens with one attached hydrogen (secondary N) is 2. The Kier molecular flexibility index (Phi) is 11.9. The van der Waals surface area contributed by atoms with Crippen molar-refractivity contribution >= 4 is 40.7 Å². The topological polar surface area (TPSA) is 163 Å². The molecule has 0 radical (unpaired) electrons. The van der Waals surface area contributed by atoms with E-state index in [0.717, 1.165) is 23.8 Å². The molecule has 0 saturated heterocycles. The number of benzene rings is 2. The number of aromatic nitrogens is 3. The first kappa shape index (κ1) is 37.8. The molecule has 14 nitrogen and oxygen atoms in total. The van der Waals surface area contributed by atoms with Crippen molar-refractivity contribution < 1.29 is 42.2 Å². The largest absolute Gasteiger partial charge is 0.453 e. The Bertz CT molecular complexity index is 2030. The summed E-state index contributed by atoms with van der Waals surface area (Å²) >= 11 is 0.